The number of hydrogen-bond donors (Lipinski definition) is 0. The molecule has 2 nitrogen and oxygen atoms in total. The van der Waals surface area contributed by atoms with Crippen LogP contribution >= 0.6 is 0 Å². The van der Waals surface area contributed by atoms with Gasteiger partial charge in [-0.1, -0.05) is 11.6 Å². The van der Waals surface area contributed by atoms with E-state index in [1.807, 2.05) is 13.0 Å². The standard InChI is InChI=1S/C10H14O2/c1-9(7-8-11)5-3-4-6-10(2)12/h4,6-8H,3,5H2,1-2H3/b6-4+,9-7-. The van der Waals surface area contributed by atoms with Gasteiger partial charge < -0.3 is 0 Å². The van der Waals surface area contributed by atoms with Gasteiger partial charge in [0.15, 0.2) is 5.78 Å². The first-order valence-corrected chi connectivity index (χ1v) is 3.95. The van der Waals surface area contributed by atoms with Gasteiger partial charge in [-0.05, 0) is 38.8 Å². The molecule has 0 aliphatic rings. The van der Waals surface area contributed by atoms with Crippen LogP contribution in [-0.4, -0.2) is 12.1 Å². The summed E-state index contributed by atoms with van der Waals surface area (Å²) in [7, 11) is 0. The van der Waals surface area contributed by atoms with E-state index in [1.54, 1.807) is 12.2 Å². The zero-order valence-corrected chi connectivity index (χ0v) is 7.54. The van der Waals surface area contributed by atoms with Crippen LogP contribution in [0.2, 0.25) is 0 Å². The summed E-state index contributed by atoms with van der Waals surface area (Å²) < 4.78 is 0. The fraction of sp³-hybridized carbons (Fsp3) is 0.400. The molecular weight excluding hydrogens is 152 g/mol. The molecule has 0 atom stereocenters. The van der Waals surface area contributed by atoms with E-state index in [0.717, 1.165) is 24.7 Å². The van der Waals surface area contributed by atoms with Crippen molar-refractivity contribution in [2.24, 2.45) is 0 Å². The van der Waals surface area contributed by atoms with Gasteiger partial charge in [-0.3, -0.25) is 9.59 Å². The van der Waals surface area contributed by atoms with Crippen molar-refractivity contribution in [3.8, 4) is 0 Å². The second-order valence-electron chi connectivity index (χ2n) is 2.70. The largest absolute Gasteiger partial charge is 0.299 e. The van der Waals surface area contributed by atoms with E-state index in [-0.39, 0.29) is 5.78 Å². The summed E-state index contributed by atoms with van der Waals surface area (Å²) in [5.74, 6) is 0.0621. The van der Waals surface area contributed by atoms with E-state index in [0.29, 0.717) is 0 Å². The Morgan fingerprint density at radius 3 is 2.50 bits per heavy atom. The molecule has 0 aliphatic carbocycles. The predicted molar refractivity (Wildman–Crippen MR) is 48.9 cm³/mol. The lowest BCUT2D eigenvalue weighted by Gasteiger charge is -1.93. The second-order valence-corrected chi connectivity index (χ2v) is 2.70. The predicted octanol–water partition coefficient (Wildman–Crippen LogP) is 2.06. The highest BCUT2D eigenvalue weighted by molar-refractivity contribution is 5.87. The zero-order valence-electron chi connectivity index (χ0n) is 7.54. The third-order valence-electron chi connectivity index (χ3n) is 1.41. The van der Waals surface area contributed by atoms with Gasteiger partial charge in [-0.25, -0.2) is 0 Å². The van der Waals surface area contributed by atoms with Crippen LogP contribution in [0.15, 0.2) is 23.8 Å². The maximum Gasteiger partial charge on any atom is 0.152 e. The summed E-state index contributed by atoms with van der Waals surface area (Å²) in [5.41, 5.74) is 1.04. The van der Waals surface area contributed by atoms with Gasteiger partial charge in [0.1, 0.15) is 6.29 Å². The summed E-state index contributed by atoms with van der Waals surface area (Å²) in [4.78, 5) is 20.5. The molecule has 0 aromatic carbocycles. The van der Waals surface area contributed by atoms with Crippen molar-refractivity contribution in [1.82, 2.24) is 0 Å². The summed E-state index contributed by atoms with van der Waals surface area (Å²) in [6, 6.07) is 0. The van der Waals surface area contributed by atoms with Gasteiger partial charge >= 0.3 is 0 Å². The molecule has 0 rings (SSSR count). The molecule has 0 aromatic heterocycles. The SMILES string of the molecule is CC(=O)/C=C/CC/C(C)=C\C=O. The molecule has 0 heterocycles. The van der Waals surface area contributed by atoms with Crippen LogP contribution in [-0.2, 0) is 9.59 Å². The van der Waals surface area contributed by atoms with E-state index < -0.39 is 0 Å². The number of carbonyl (C=O) groups excluding carboxylic acids is 2. The molecule has 0 N–H and O–H groups in total. The lowest BCUT2D eigenvalue weighted by Crippen LogP contribution is -1.81. The van der Waals surface area contributed by atoms with Crippen molar-refractivity contribution in [2.45, 2.75) is 26.7 Å². The molecule has 66 valence electrons. The van der Waals surface area contributed by atoms with Crippen LogP contribution in [0.3, 0.4) is 0 Å². The van der Waals surface area contributed by atoms with Crippen LogP contribution in [0.1, 0.15) is 26.7 Å². The Kier molecular flexibility index (Phi) is 5.88. The number of ketones is 1. The molecule has 0 saturated carbocycles. The van der Waals surface area contributed by atoms with Crippen molar-refractivity contribution in [2.75, 3.05) is 0 Å². The molecule has 0 aliphatic heterocycles. The Morgan fingerprint density at radius 2 is 2.00 bits per heavy atom. The van der Waals surface area contributed by atoms with E-state index in [2.05, 4.69) is 0 Å². The normalized spacial score (nSPS) is 12.0. The number of allylic oxidation sites excluding steroid dienone is 4. The van der Waals surface area contributed by atoms with Crippen molar-refractivity contribution < 1.29 is 9.59 Å². The average molecular weight is 166 g/mol. The van der Waals surface area contributed by atoms with Gasteiger partial charge in [-0.2, -0.15) is 0 Å². The zero-order chi connectivity index (χ0) is 9.40. The van der Waals surface area contributed by atoms with Gasteiger partial charge in [0.05, 0.1) is 0 Å². The van der Waals surface area contributed by atoms with E-state index in [1.165, 1.54) is 6.92 Å². The number of aldehydes is 1. The van der Waals surface area contributed by atoms with Crippen LogP contribution in [0.4, 0.5) is 0 Å². The van der Waals surface area contributed by atoms with Gasteiger partial charge in [-0.15, -0.1) is 0 Å². The lowest BCUT2D eigenvalue weighted by molar-refractivity contribution is -0.112. The molecule has 2 heteroatoms. The summed E-state index contributed by atoms with van der Waals surface area (Å²) >= 11 is 0. The highest BCUT2D eigenvalue weighted by Gasteiger charge is 1.87. The third kappa shape index (κ3) is 6.93. The van der Waals surface area contributed by atoms with Crippen molar-refractivity contribution in [3.63, 3.8) is 0 Å². The lowest BCUT2D eigenvalue weighted by atomic mass is 10.1. The van der Waals surface area contributed by atoms with Crippen LogP contribution in [0.5, 0.6) is 0 Å². The van der Waals surface area contributed by atoms with Crippen LogP contribution in [0.25, 0.3) is 0 Å². The molecule has 0 spiro atoms. The van der Waals surface area contributed by atoms with Gasteiger partial charge in [0.2, 0.25) is 0 Å². The molecule has 0 bridgehead atoms. The number of hydrogen-bond acceptors (Lipinski definition) is 2. The molecular formula is C10H14O2. The minimum atomic E-state index is 0.0621. The monoisotopic (exact) mass is 166 g/mol. The first kappa shape index (κ1) is 10.8. The van der Waals surface area contributed by atoms with Crippen molar-refractivity contribution in [3.05, 3.63) is 23.8 Å². The van der Waals surface area contributed by atoms with Crippen molar-refractivity contribution >= 4 is 12.1 Å². The molecule has 0 amide bonds. The number of rotatable bonds is 5. The molecule has 0 unspecified atom stereocenters. The van der Waals surface area contributed by atoms with Crippen molar-refractivity contribution in [1.29, 1.82) is 0 Å². The Labute approximate surface area is 73.0 Å². The fourth-order valence-electron chi connectivity index (χ4n) is 0.760. The Morgan fingerprint density at radius 1 is 1.33 bits per heavy atom. The topological polar surface area (TPSA) is 34.1 Å². The third-order valence-corrected chi connectivity index (χ3v) is 1.41. The highest BCUT2D eigenvalue weighted by Crippen LogP contribution is 2.02. The van der Waals surface area contributed by atoms with Crippen LogP contribution in [0, 0.1) is 0 Å². The van der Waals surface area contributed by atoms with Crippen LogP contribution < -0.4 is 0 Å². The summed E-state index contributed by atoms with van der Waals surface area (Å²) in [6.07, 6.45) is 7.35. The number of carbonyl (C=O) groups is 2. The first-order chi connectivity index (χ1) is 5.66. The Bertz CT molecular complexity index is 212. The van der Waals surface area contributed by atoms with E-state index in [9.17, 15) is 9.59 Å². The maximum atomic E-state index is 10.5. The quantitative estimate of drug-likeness (QED) is 0.462. The van der Waals surface area contributed by atoms with E-state index in [4.69, 9.17) is 0 Å². The molecule has 0 fully saturated rings. The molecule has 12 heavy (non-hydrogen) atoms. The molecule has 0 radical (unpaired) electrons. The molecule has 0 saturated heterocycles. The Hall–Kier alpha value is -1.18. The first-order valence-electron chi connectivity index (χ1n) is 3.95. The van der Waals surface area contributed by atoms with Gasteiger partial charge in [0, 0.05) is 0 Å². The second kappa shape index (κ2) is 6.53. The highest BCUT2D eigenvalue weighted by atomic mass is 16.1. The average Bonchev–Trinajstić information content (AvgIpc) is 1.98. The minimum Gasteiger partial charge on any atom is -0.299 e. The van der Waals surface area contributed by atoms with E-state index >= 15 is 0 Å². The summed E-state index contributed by atoms with van der Waals surface area (Å²) in [5, 5.41) is 0. The minimum absolute atomic E-state index is 0.0621. The maximum absolute atomic E-state index is 10.5. The fourth-order valence-corrected chi connectivity index (χ4v) is 0.760. The smallest absolute Gasteiger partial charge is 0.152 e. The van der Waals surface area contributed by atoms with Gasteiger partial charge in [0.25, 0.3) is 0 Å². The Balaban J connectivity index is 3.63. The summed E-state index contributed by atoms with van der Waals surface area (Å²) in [6.45, 7) is 3.42. The molecule has 0 aromatic rings.